The van der Waals surface area contributed by atoms with Crippen LogP contribution in [0.4, 0.5) is 16.2 Å². The predicted octanol–water partition coefficient (Wildman–Crippen LogP) is 3.83. The normalized spacial score (nSPS) is 16.0. The van der Waals surface area contributed by atoms with Crippen molar-refractivity contribution in [3.63, 3.8) is 0 Å². The number of benzene rings is 2. The largest absolute Gasteiger partial charge is 0.481 e. The monoisotopic (exact) mass is 605 g/mol. The quantitative estimate of drug-likeness (QED) is 0.356. The van der Waals surface area contributed by atoms with Gasteiger partial charge >= 0.3 is 12.0 Å². The minimum atomic E-state index is -1.02. The van der Waals surface area contributed by atoms with E-state index in [9.17, 15) is 24.3 Å². The van der Waals surface area contributed by atoms with Crippen LogP contribution in [0.3, 0.4) is 0 Å². The van der Waals surface area contributed by atoms with E-state index >= 15 is 0 Å². The summed E-state index contributed by atoms with van der Waals surface area (Å²) in [5, 5.41) is 17.1. The van der Waals surface area contributed by atoms with Crippen LogP contribution in [0.25, 0.3) is 0 Å². The van der Waals surface area contributed by atoms with Crippen LogP contribution in [-0.2, 0) is 9.53 Å². The highest BCUT2D eigenvalue weighted by Crippen LogP contribution is 2.30. The first-order valence-corrected chi connectivity index (χ1v) is 15.1. The van der Waals surface area contributed by atoms with E-state index in [2.05, 4.69) is 15.5 Å². The molecule has 5 rings (SSSR count). The summed E-state index contributed by atoms with van der Waals surface area (Å²) in [5.74, 6) is -1.78. The number of aryl methyl sites for hydroxylation is 1. The van der Waals surface area contributed by atoms with E-state index < -0.39 is 17.9 Å². The van der Waals surface area contributed by atoms with E-state index in [1.54, 1.807) is 36.4 Å². The molecule has 0 bridgehead atoms. The summed E-state index contributed by atoms with van der Waals surface area (Å²) < 4.78 is 5.37. The SMILES string of the molecule is Cc1cccc(C(=O)Nc2cc(C(=O)NC(CC(=O)O)c3cccs3)ccc2N2CCN(C(=O)N3CCOCC3)CC2)c1. The highest BCUT2D eigenvalue weighted by atomic mass is 32.1. The second kappa shape index (κ2) is 13.7. The third kappa shape index (κ3) is 7.51. The predicted molar refractivity (Wildman–Crippen MR) is 164 cm³/mol. The molecular weight excluding hydrogens is 570 g/mol. The van der Waals surface area contributed by atoms with Gasteiger partial charge in [0.05, 0.1) is 37.1 Å². The van der Waals surface area contributed by atoms with Crippen molar-refractivity contribution in [1.82, 2.24) is 15.1 Å². The third-order valence-corrected chi connectivity index (χ3v) is 8.52. The average Bonchev–Trinajstić information content (AvgIpc) is 3.56. The Bertz CT molecular complexity index is 1470. The molecule has 0 spiro atoms. The Morgan fingerprint density at radius 1 is 0.884 bits per heavy atom. The first-order chi connectivity index (χ1) is 20.8. The van der Waals surface area contributed by atoms with Gasteiger partial charge in [-0.25, -0.2) is 4.79 Å². The van der Waals surface area contributed by atoms with Gasteiger partial charge in [-0.1, -0.05) is 23.8 Å². The number of carbonyl (C=O) groups is 4. The summed E-state index contributed by atoms with van der Waals surface area (Å²) in [6.45, 7) is 6.28. The number of hydrogen-bond donors (Lipinski definition) is 3. The molecule has 2 aliphatic heterocycles. The molecule has 0 aliphatic carbocycles. The van der Waals surface area contributed by atoms with Crippen LogP contribution < -0.4 is 15.5 Å². The van der Waals surface area contributed by atoms with Crippen molar-refractivity contribution < 1.29 is 29.0 Å². The van der Waals surface area contributed by atoms with Crippen LogP contribution in [0.1, 0.15) is 43.6 Å². The molecule has 2 aromatic carbocycles. The second-order valence-electron chi connectivity index (χ2n) is 10.6. The lowest BCUT2D eigenvalue weighted by atomic mass is 10.1. The van der Waals surface area contributed by atoms with Gasteiger partial charge in [0.15, 0.2) is 0 Å². The number of amides is 4. The molecule has 0 saturated carbocycles. The number of thiophene rings is 1. The van der Waals surface area contributed by atoms with Gasteiger partial charge in [-0.3, -0.25) is 14.4 Å². The fourth-order valence-electron chi connectivity index (χ4n) is 5.26. The summed E-state index contributed by atoms with van der Waals surface area (Å²) >= 11 is 1.37. The number of carbonyl (C=O) groups excluding carboxylic acids is 3. The summed E-state index contributed by atoms with van der Waals surface area (Å²) in [5.41, 5.74) is 2.91. The van der Waals surface area contributed by atoms with Gasteiger partial charge in [0.25, 0.3) is 11.8 Å². The summed E-state index contributed by atoms with van der Waals surface area (Å²) in [6.07, 6.45) is -0.255. The summed E-state index contributed by atoms with van der Waals surface area (Å²) in [6, 6.07) is 15.2. The maximum Gasteiger partial charge on any atom is 0.320 e. The molecule has 1 atom stereocenters. The van der Waals surface area contributed by atoms with Crippen LogP contribution in [0.5, 0.6) is 0 Å². The number of carboxylic acids is 1. The van der Waals surface area contributed by atoms with E-state index in [4.69, 9.17) is 4.74 Å². The number of nitrogens with zero attached hydrogens (tertiary/aromatic N) is 3. The number of urea groups is 1. The molecule has 11 nitrogen and oxygen atoms in total. The van der Waals surface area contributed by atoms with Crippen molar-refractivity contribution in [2.24, 2.45) is 0 Å². The summed E-state index contributed by atoms with van der Waals surface area (Å²) in [4.78, 5) is 57.6. The molecule has 226 valence electrons. The first-order valence-electron chi connectivity index (χ1n) is 14.2. The maximum absolute atomic E-state index is 13.4. The zero-order chi connectivity index (χ0) is 30.3. The number of aliphatic carboxylic acids is 1. The maximum atomic E-state index is 13.4. The number of nitrogens with one attached hydrogen (secondary N) is 2. The molecule has 2 aliphatic rings. The second-order valence-corrected chi connectivity index (χ2v) is 11.5. The molecule has 3 N–H and O–H groups in total. The van der Waals surface area contributed by atoms with Crippen molar-refractivity contribution in [2.75, 3.05) is 62.7 Å². The number of ether oxygens (including phenoxy) is 1. The lowest BCUT2D eigenvalue weighted by molar-refractivity contribution is -0.137. The van der Waals surface area contributed by atoms with Gasteiger partial charge in [-0.05, 0) is 48.7 Å². The van der Waals surface area contributed by atoms with E-state index in [1.807, 2.05) is 40.3 Å². The molecule has 3 aromatic rings. The minimum Gasteiger partial charge on any atom is -0.481 e. The highest BCUT2D eigenvalue weighted by Gasteiger charge is 2.28. The zero-order valence-corrected chi connectivity index (χ0v) is 24.8. The van der Waals surface area contributed by atoms with E-state index in [0.29, 0.717) is 63.7 Å². The molecule has 2 fully saturated rings. The molecule has 43 heavy (non-hydrogen) atoms. The van der Waals surface area contributed by atoms with E-state index in [-0.39, 0.29) is 23.9 Å². The van der Waals surface area contributed by atoms with Crippen LogP contribution >= 0.6 is 11.3 Å². The number of carboxylic acid groups (broad SMARTS) is 1. The van der Waals surface area contributed by atoms with Crippen molar-refractivity contribution in [1.29, 1.82) is 0 Å². The Hall–Kier alpha value is -4.42. The smallest absolute Gasteiger partial charge is 0.320 e. The molecule has 0 radical (unpaired) electrons. The molecule has 12 heteroatoms. The number of anilines is 2. The number of hydrogen-bond acceptors (Lipinski definition) is 7. The Labute approximate surface area is 254 Å². The molecular formula is C31H35N5O6S. The molecule has 3 heterocycles. The lowest BCUT2D eigenvalue weighted by Gasteiger charge is -2.39. The topological polar surface area (TPSA) is 132 Å². The number of piperazine rings is 1. The van der Waals surface area contributed by atoms with Gasteiger partial charge in [-0.15, -0.1) is 11.3 Å². The average molecular weight is 606 g/mol. The Morgan fingerprint density at radius 2 is 1.60 bits per heavy atom. The van der Waals surface area contributed by atoms with Crippen molar-refractivity contribution in [3.05, 3.63) is 81.5 Å². The summed E-state index contributed by atoms with van der Waals surface area (Å²) in [7, 11) is 0. The van der Waals surface area contributed by atoms with Gasteiger partial charge in [-0.2, -0.15) is 0 Å². The van der Waals surface area contributed by atoms with Gasteiger partial charge in [0.2, 0.25) is 0 Å². The molecule has 1 unspecified atom stereocenters. The molecule has 1 aromatic heterocycles. The molecule has 4 amide bonds. The van der Waals surface area contributed by atoms with Crippen LogP contribution in [0.15, 0.2) is 60.0 Å². The third-order valence-electron chi connectivity index (χ3n) is 7.53. The van der Waals surface area contributed by atoms with Gasteiger partial charge < -0.3 is 35.2 Å². The Kier molecular flexibility index (Phi) is 9.58. The number of rotatable bonds is 8. The Balaban J connectivity index is 1.36. The standard InChI is InChI=1S/C31H35N5O6S/c1-21-4-2-5-22(18-21)29(39)32-24-19-23(30(40)33-25(20-28(37)38)27-6-3-17-43-27)7-8-26(24)34-9-11-35(12-10-34)31(41)36-13-15-42-16-14-36/h2-8,17-19,25H,9-16,20H2,1H3,(H,32,39)(H,33,40)(H,37,38). The number of morpholine rings is 1. The zero-order valence-electron chi connectivity index (χ0n) is 24.0. The van der Waals surface area contributed by atoms with E-state index in [0.717, 1.165) is 16.1 Å². The van der Waals surface area contributed by atoms with Crippen molar-refractivity contribution >= 4 is 46.5 Å². The van der Waals surface area contributed by atoms with Crippen molar-refractivity contribution in [3.8, 4) is 0 Å². The van der Waals surface area contributed by atoms with Crippen LogP contribution in [0.2, 0.25) is 0 Å². The fourth-order valence-corrected chi connectivity index (χ4v) is 6.03. The van der Waals surface area contributed by atoms with Crippen LogP contribution in [-0.4, -0.2) is 91.2 Å². The lowest BCUT2D eigenvalue weighted by Crippen LogP contribution is -2.54. The van der Waals surface area contributed by atoms with E-state index in [1.165, 1.54) is 11.3 Å². The van der Waals surface area contributed by atoms with Gasteiger partial charge in [0.1, 0.15) is 0 Å². The van der Waals surface area contributed by atoms with Crippen molar-refractivity contribution in [2.45, 2.75) is 19.4 Å². The highest BCUT2D eigenvalue weighted by molar-refractivity contribution is 7.10. The molecule has 2 saturated heterocycles. The fraction of sp³-hybridized carbons (Fsp3) is 0.355. The van der Waals surface area contributed by atoms with Crippen LogP contribution in [0, 0.1) is 6.92 Å². The Morgan fingerprint density at radius 3 is 2.28 bits per heavy atom. The first kappa shape index (κ1) is 30.1. The minimum absolute atomic E-state index is 0.00426. The van der Waals surface area contributed by atoms with Gasteiger partial charge in [0, 0.05) is 55.3 Å².